The number of nitrogens with one attached hydrogen (secondary N) is 2. The van der Waals surface area contributed by atoms with Gasteiger partial charge in [-0.15, -0.1) is 0 Å². The quantitative estimate of drug-likeness (QED) is 0.159. The normalized spacial score (nSPS) is 12.5. The van der Waals surface area contributed by atoms with Gasteiger partial charge in [0.05, 0.1) is 0 Å². The van der Waals surface area contributed by atoms with Crippen molar-refractivity contribution in [2.45, 2.75) is 44.9 Å². The van der Waals surface area contributed by atoms with E-state index in [1.807, 2.05) is 36.4 Å². The molecule has 0 aliphatic rings. The van der Waals surface area contributed by atoms with E-state index in [1.54, 1.807) is 44.2 Å². The molecule has 0 aliphatic carbocycles. The predicted molar refractivity (Wildman–Crippen MR) is 161 cm³/mol. The molecule has 0 saturated heterocycles. The van der Waals surface area contributed by atoms with Crippen LogP contribution in [0.25, 0.3) is 0 Å². The van der Waals surface area contributed by atoms with E-state index in [2.05, 4.69) is 10.6 Å². The zero-order chi connectivity index (χ0) is 31.9. The third-order valence-corrected chi connectivity index (χ3v) is 6.70. The highest BCUT2D eigenvalue weighted by Gasteiger charge is 2.29. The van der Waals surface area contributed by atoms with E-state index in [9.17, 15) is 29.1 Å². The van der Waals surface area contributed by atoms with Gasteiger partial charge in [-0.1, -0.05) is 104 Å². The summed E-state index contributed by atoms with van der Waals surface area (Å²) in [5.41, 5.74) is 1.75. The van der Waals surface area contributed by atoms with Gasteiger partial charge < -0.3 is 30.4 Å². The number of carbonyl (C=O) groups is 5. The van der Waals surface area contributed by atoms with Gasteiger partial charge in [0.2, 0.25) is 5.91 Å². The lowest BCUT2D eigenvalue weighted by Gasteiger charge is -2.24. The Hall–Kier alpha value is -4.41. The number of rotatable bonds is 12. The smallest absolute Gasteiger partial charge is 0.408 e. The summed E-state index contributed by atoms with van der Waals surface area (Å²) in [6.07, 6.45) is -0.293. The van der Waals surface area contributed by atoms with E-state index < -0.39 is 41.9 Å². The van der Waals surface area contributed by atoms with E-state index in [0.717, 1.165) is 11.1 Å². The molecule has 4 N–H and O–H groups in total. The van der Waals surface area contributed by atoms with Crippen LogP contribution in [-0.2, 0) is 36.9 Å². The van der Waals surface area contributed by atoms with Gasteiger partial charge in [0.1, 0.15) is 30.9 Å². The standard InChI is InChI=1S/C22H26N2O5.C9H6Cl2O3/c1-15(2)19(24-22(28)29-14-17-11-7-4-8-12-17)20(25)23-18(21(26)27)13-16-9-5-3-6-10-16;10-6-2-1-3-7(11)8(6)5(4-12)9(13)14/h3-12,15,18-19H,13-14H2,1-2H3,(H,23,25)(H,24,28)(H,26,27);1-5H,(H,13,14)/t18-,19-;/m0./s1. The van der Waals surface area contributed by atoms with Gasteiger partial charge in [-0.3, -0.25) is 9.59 Å². The van der Waals surface area contributed by atoms with Crippen LogP contribution in [0.1, 0.15) is 36.5 Å². The molecule has 3 aromatic rings. The summed E-state index contributed by atoms with van der Waals surface area (Å²) in [5.74, 6) is -4.55. The van der Waals surface area contributed by atoms with Gasteiger partial charge in [0.15, 0.2) is 0 Å². The van der Waals surface area contributed by atoms with E-state index in [-0.39, 0.29) is 34.6 Å². The summed E-state index contributed by atoms with van der Waals surface area (Å²) in [6, 6.07) is 20.7. The number of ether oxygens (including phenoxy) is 1. The molecule has 0 radical (unpaired) electrons. The molecule has 12 heteroatoms. The van der Waals surface area contributed by atoms with Crippen molar-refractivity contribution in [3.05, 3.63) is 106 Å². The average Bonchev–Trinajstić information content (AvgIpc) is 2.97. The maximum absolute atomic E-state index is 12.7. The number of carboxylic acid groups (broad SMARTS) is 2. The molecule has 10 nitrogen and oxygen atoms in total. The van der Waals surface area contributed by atoms with Crippen molar-refractivity contribution in [1.82, 2.24) is 10.6 Å². The number of aldehydes is 1. The van der Waals surface area contributed by atoms with Crippen LogP contribution in [0.15, 0.2) is 78.9 Å². The molecular weight excluding hydrogens is 599 g/mol. The number of alkyl carbamates (subject to hydrolysis) is 1. The zero-order valence-corrected chi connectivity index (χ0v) is 24.9. The molecule has 0 spiro atoms. The highest BCUT2D eigenvalue weighted by atomic mass is 35.5. The SMILES string of the molecule is CC(C)[C@H](NC(=O)OCc1ccccc1)C(=O)N[C@@H](Cc1ccccc1)C(=O)O.O=CC(C(=O)O)c1c(Cl)cccc1Cl. The van der Waals surface area contributed by atoms with Gasteiger partial charge in [-0.25, -0.2) is 9.59 Å². The van der Waals surface area contributed by atoms with E-state index in [4.69, 9.17) is 33.0 Å². The Morgan fingerprint density at radius 3 is 1.79 bits per heavy atom. The Bertz CT molecular complexity index is 1370. The zero-order valence-electron chi connectivity index (χ0n) is 23.4. The van der Waals surface area contributed by atoms with Crippen molar-refractivity contribution in [3.63, 3.8) is 0 Å². The number of carbonyl (C=O) groups excluding carboxylic acids is 3. The van der Waals surface area contributed by atoms with Crippen LogP contribution in [0.2, 0.25) is 10.0 Å². The van der Waals surface area contributed by atoms with Crippen LogP contribution in [0, 0.1) is 5.92 Å². The molecule has 2 amide bonds. The van der Waals surface area contributed by atoms with Crippen LogP contribution in [-0.4, -0.2) is 52.5 Å². The van der Waals surface area contributed by atoms with Crippen molar-refractivity contribution in [3.8, 4) is 0 Å². The number of hydrogen-bond acceptors (Lipinski definition) is 6. The number of carboxylic acids is 2. The second kappa shape index (κ2) is 17.5. The second-order valence-electron chi connectivity index (χ2n) is 9.60. The summed E-state index contributed by atoms with van der Waals surface area (Å²) < 4.78 is 5.16. The summed E-state index contributed by atoms with van der Waals surface area (Å²) in [4.78, 5) is 57.6. The Labute approximate surface area is 259 Å². The molecule has 43 heavy (non-hydrogen) atoms. The maximum Gasteiger partial charge on any atom is 0.408 e. The molecule has 0 aromatic heterocycles. The van der Waals surface area contributed by atoms with Crippen LogP contribution in [0.4, 0.5) is 4.79 Å². The summed E-state index contributed by atoms with van der Waals surface area (Å²) in [7, 11) is 0. The van der Waals surface area contributed by atoms with Crippen molar-refractivity contribution in [1.29, 1.82) is 0 Å². The topological polar surface area (TPSA) is 159 Å². The minimum atomic E-state index is -1.31. The fraction of sp³-hybridized carbons (Fsp3) is 0.258. The van der Waals surface area contributed by atoms with Crippen molar-refractivity contribution >= 4 is 53.4 Å². The highest BCUT2D eigenvalue weighted by molar-refractivity contribution is 6.36. The molecule has 0 saturated carbocycles. The van der Waals surface area contributed by atoms with E-state index in [1.165, 1.54) is 12.1 Å². The van der Waals surface area contributed by atoms with E-state index >= 15 is 0 Å². The first-order chi connectivity index (χ1) is 20.4. The van der Waals surface area contributed by atoms with Crippen molar-refractivity contribution in [2.75, 3.05) is 0 Å². The van der Waals surface area contributed by atoms with Gasteiger partial charge in [-0.05, 0) is 29.2 Å². The molecule has 3 aromatic carbocycles. The largest absolute Gasteiger partial charge is 0.480 e. The summed E-state index contributed by atoms with van der Waals surface area (Å²) >= 11 is 11.5. The lowest BCUT2D eigenvalue weighted by molar-refractivity contribution is -0.142. The van der Waals surface area contributed by atoms with Crippen molar-refractivity contribution < 1.29 is 38.9 Å². The Morgan fingerprint density at radius 2 is 1.33 bits per heavy atom. The van der Waals surface area contributed by atoms with Crippen LogP contribution < -0.4 is 10.6 Å². The lowest BCUT2D eigenvalue weighted by atomic mass is 10.0. The number of hydrogen-bond donors (Lipinski definition) is 4. The number of halogens is 2. The van der Waals surface area contributed by atoms with Gasteiger partial charge >= 0.3 is 18.0 Å². The van der Waals surface area contributed by atoms with Gasteiger partial charge in [0.25, 0.3) is 0 Å². The fourth-order valence-corrected chi connectivity index (χ4v) is 4.43. The average molecular weight is 632 g/mol. The second-order valence-corrected chi connectivity index (χ2v) is 10.4. The maximum atomic E-state index is 12.7. The highest BCUT2D eigenvalue weighted by Crippen LogP contribution is 2.30. The molecule has 228 valence electrons. The molecular formula is C31H32Cl2N2O8. The number of benzene rings is 3. The minimum Gasteiger partial charge on any atom is -0.480 e. The fourth-order valence-electron chi connectivity index (χ4n) is 3.80. The first-order valence-electron chi connectivity index (χ1n) is 13.1. The minimum absolute atomic E-state index is 0.0743. The molecule has 3 atom stereocenters. The first kappa shape index (κ1) is 34.8. The summed E-state index contributed by atoms with van der Waals surface area (Å²) in [6.45, 7) is 3.59. The third kappa shape index (κ3) is 11.4. The molecule has 0 heterocycles. The molecule has 0 bridgehead atoms. The number of amides is 2. The Kier molecular flexibility index (Phi) is 14.2. The molecule has 0 aliphatic heterocycles. The van der Waals surface area contributed by atoms with E-state index in [0.29, 0.717) is 6.29 Å². The lowest BCUT2D eigenvalue weighted by Crippen LogP contribution is -2.54. The molecule has 0 fully saturated rings. The van der Waals surface area contributed by atoms with Crippen LogP contribution in [0.3, 0.4) is 0 Å². The van der Waals surface area contributed by atoms with Crippen molar-refractivity contribution in [2.24, 2.45) is 5.92 Å². The third-order valence-electron chi connectivity index (χ3n) is 6.05. The molecule has 1 unspecified atom stereocenters. The summed E-state index contributed by atoms with van der Waals surface area (Å²) in [5, 5.41) is 23.6. The number of aliphatic carboxylic acids is 2. The predicted octanol–water partition coefficient (Wildman–Crippen LogP) is 5.11. The van der Waals surface area contributed by atoms with Crippen LogP contribution >= 0.6 is 23.2 Å². The Balaban J connectivity index is 0.000000385. The Morgan fingerprint density at radius 1 is 0.791 bits per heavy atom. The van der Waals surface area contributed by atoms with Gasteiger partial charge in [0, 0.05) is 22.0 Å². The molecule has 3 rings (SSSR count). The first-order valence-corrected chi connectivity index (χ1v) is 13.9. The van der Waals surface area contributed by atoms with Crippen LogP contribution in [0.5, 0.6) is 0 Å². The monoisotopic (exact) mass is 630 g/mol. The van der Waals surface area contributed by atoms with Gasteiger partial charge in [-0.2, -0.15) is 0 Å².